The van der Waals surface area contributed by atoms with Gasteiger partial charge in [-0.05, 0) is 5.92 Å². The van der Waals surface area contributed by atoms with Crippen molar-refractivity contribution in [2.45, 2.75) is 31.7 Å². The van der Waals surface area contributed by atoms with Crippen LogP contribution in [0, 0.1) is 5.92 Å². The molecule has 2 aliphatic rings. The maximum atomic E-state index is 10.7. The highest BCUT2D eigenvalue weighted by Gasteiger charge is 2.35. The van der Waals surface area contributed by atoms with Gasteiger partial charge < -0.3 is 21.9 Å². The number of nitrogens with two attached hydrogens (primary N) is 1. The third-order valence-electron chi connectivity index (χ3n) is 2.60. The lowest BCUT2D eigenvalue weighted by molar-refractivity contribution is -0.139. The van der Waals surface area contributed by atoms with Crippen LogP contribution in [0.25, 0.3) is 0 Å². The Bertz CT molecular complexity index is 333. The van der Waals surface area contributed by atoms with E-state index in [-0.39, 0.29) is 18.0 Å². The zero-order chi connectivity index (χ0) is 13.0. The summed E-state index contributed by atoms with van der Waals surface area (Å²) in [6.07, 6.45) is 4.67. The van der Waals surface area contributed by atoms with Gasteiger partial charge in [0.25, 0.3) is 0 Å². The molecular formula is C11H21N3O3S. The minimum absolute atomic E-state index is 0. The van der Waals surface area contributed by atoms with Crippen LogP contribution in [0.4, 0.5) is 0 Å². The number of carboxylic acid groups (broad SMARTS) is 1. The number of rotatable bonds is 2. The molecule has 0 unspecified atom stereocenters. The molecule has 1 fully saturated rings. The van der Waals surface area contributed by atoms with Crippen LogP contribution in [-0.4, -0.2) is 39.1 Å². The molecule has 0 aromatic heterocycles. The second-order valence-electron chi connectivity index (χ2n) is 4.29. The number of carboxylic acids is 1. The molecular weight excluding hydrogens is 254 g/mol. The smallest absolute Gasteiger partial charge is 0.320 e. The van der Waals surface area contributed by atoms with Crippen molar-refractivity contribution in [2.24, 2.45) is 11.7 Å². The number of hydrogen-bond acceptors (Lipinski definition) is 5. The number of thioether (sulfide) groups is 1. The molecule has 0 saturated carbocycles. The van der Waals surface area contributed by atoms with Crippen molar-refractivity contribution in [1.82, 2.24) is 11.1 Å². The molecule has 6 nitrogen and oxygen atoms in total. The van der Waals surface area contributed by atoms with Crippen molar-refractivity contribution in [1.29, 1.82) is 0 Å². The molecule has 6 N–H and O–H groups in total. The van der Waals surface area contributed by atoms with Crippen LogP contribution in [-0.2, 0) is 9.59 Å². The van der Waals surface area contributed by atoms with E-state index in [1.165, 1.54) is 0 Å². The van der Waals surface area contributed by atoms with E-state index in [0.29, 0.717) is 5.37 Å². The summed E-state index contributed by atoms with van der Waals surface area (Å²) in [4.78, 5) is 22.5. The van der Waals surface area contributed by atoms with Crippen LogP contribution in [0.2, 0.25) is 0 Å². The summed E-state index contributed by atoms with van der Waals surface area (Å²) in [7, 11) is 0. The average Bonchev–Trinajstić information content (AvgIpc) is 2.27. The number of carbonyl (C=O) groups excluding carboxylic acids is 1. The van der Waals surface area contributed by atoms with Gasteiger partial charge in [-0.25, -0.2) is 0 Å². The van der Waals surface area contributed by atoms with Gasteiger partial charge >= 0.3 is 5.97 Å². The Labute approximate surface area is 111 Å². The molecule has 0 spiro atoms. The second-order valence-corrected chi connectivity index (χ2v) is 5.50. The predicted octanol–water partition coefficient (Wildman–Crippen LogP) is 1.02. The number of amides is 1. The number of β-lactam (4-membered cyclic amide) rings is 1. The van der Waals surface area contributed by atoms with Gasteiger partial charge in [-0.1, -0.05) is 19.9 Å². The first-order valence-electron chi connectivity index (χ1n) is 5.51. The normalized spacial score (nSPS) is 22.1. The van der Waals surface area contributed by atoms with Crippen molar-refractivity contribution in [3.05, 3.63) is 12.3 Å². The number of fused-ring (bicyclic) bond motifs is 1. The van der Waals surface area contributed by atoms with Gasteiger partial charge in [-0.15, -0.1) is 11.8 Å². The molecule has 1 saturated heterocycles. The summed E-state index contributed by atoms with van der Waals surface area (Å²) in [5.74, 6) is 0.421. The average molecular weight is 275 g/mol. The number of nitrogens with zero attached hydrogens (tertiary/aromatic N) is 1. The number of carbonyl (C=O) groups is 2. The molecule has 0 aromatic carbocycles. The van der Waals surface area contributed by atoms with Gasteiger partial charge in [0.2, 0.25) is 5.91 Å². The molecule has 2 aliphatic heterocycles. The molecule has 0 bridgehead atoms. The predicted molar refractivity (Wildman–Crippen MR) is 72.3 cm³/mol. The third kappa shape index (κ3) is 4.32. The van der Waals surface area contributed by atoms with Crippen molar-refractivity contribution in [3.63, 3.8) is 0 Å². The Morgan fingerprint density at radius 2 is 2.22 bits per heavy atom. The van der Waals surface area contributed by atoms with Crippen molar-refractivity contribution >= 4 is 23.6 Å². The first-order chi connectivity index (χ1) is 7.93. The molecule has 2 heterocycles. The van der Waals surface area contributed by atoms with Gasteiger partial charge in [-0.2, -0.15) is 0 Å². The Balaban J connectivity index is 0.000000308. The van der Waals surface area contributed by atoms with E-state index in [9.17, 15) is 9.59 Å². The van der Waals surface area contributed by atoms with E-state index in [0.717, 1.165) is 12.2 Å². The van der Waals surface area contributed by atoms with Gasteiger partial charge in [0.05, 0.1) is 11.8 Å². The minimum atomic E-state index is -0.931. The molecule has 0 aromatic rings. The fraction of sp³-hybridized carbons (Fsp3) is 0.636. The van der Waals surface area contributed by atoms with Crippen molar-refractivity contribution in [3.8, 4) is 0 Å². The number of hydrogen-bond donors (Lipinski definition) is 3. The van der Waals surface area contributed by atoms with Crippen LogP contribution in [0.15, 0.2) is 12.3 Å². The van der Waals surface area contributed by atoms with Gasteiger partial charge in [0.1, 0.15) is 6.04 Å². The van der Waals surface area contributed by atoms with E-state index >= 15 is 0 Å². The van der Waals surface area contributed by atoms with Gasteiger partial charge in [0, 0.05) is 12.0 Å². The van der Waals surface area contributed by atoms with Crippen LogP contribution in [0.1, 0.15) is 20.3 Å². The van der Waals surface area contributed by atoms with Crippen molar-refractivity contribution in [2.75, 3.05) is 5.75 Å². The van der Waals surface area contributed by atoms with E-state index in [4.69, 9.17) is 10.8 Å². The lowest BCUT2D eigenvalue weighted by Gasteiger charge is -2.39. The van der Waals surface area contributed by atoms with E-state index in [1.807, 2.05) is 24.0 Å². The molecule has 7 heteroatoms. The molecule has 104 valence electrons. The molecule has 2 atom stereocenters. The lowest BCUT2D eigenvalue weighted by Crippen LogP contribution is -2.48. The highest BCUT2D eigenvalue weighted by molar-refractivity contribution is 8.00. The SMILES string of the molecule is CC(C)[C@H](N)C(=O)O.N.O=C1C[C@H]2SCC=CN12. The highest BCUT2D eigenvalue weighted by atomic mass is 32.2. The zero-order valence-corrected chi connectivity index (χ0v) is 11.5. The Morgan fingerprint density at radius 1 is 1.61 bits per heavy atom. The summed E-state index contributed by atoms with van der Waals surface area (Å²) in [6.45, 7) is 3.55. The summed E-state index contributed by atoms with van der Waals surface area (Å²) in [5, 5.41) is 8.70. The minimum Gasteiger partial charge on any atom is -0.480 e. The van der Waals surface area contributed by atoms with E-state index in [2.05, 4.69) is 0 Å². The standard InChI is InChI=1S/C6H7NOS.C5H11NO2.H3N/c8-5-4-6-7(5)2-1-3-9-6;1-3(2)4(6)5(7)8;/h1-2,6H,3-4H2;3-4H,6H2,1-2H3,(H,7,8);1H3/t6-;4-;/m10./s1. The Kier molecular flexibility index (Phi) is 6.97. The van der Waals surface area contributed by atoms with Crippen molar-refractivity contribution < 1.29 is 14.7 Å². The third-order valence-corrected chi connectivity index (χ3v) is 3.77. The first kappa shape index (κ1) is 16.9. The lowest BCUT2D eigenvalue weighted by atomic mass is 10.1. The summed E-state index contributed by atoms with van der Waals surface area (Å²) < 4.78 is 0. The quantitative estimate of drug-likeness (QED) is 0.647. The first-order valence-corrected chi connectivity index (χ1v) is 6.56. The topological polar surface area (TPSA) is 119 Å². The van der Waals surface area contributed by atoms with Crippen LogP contribution >= 0.6 is 11.8 Å². The fourth-order valence-corrected chi connectivity index (χ4v) is 2.36. The number of aliphatic carboxylic acids is 1. The molecule has 1 amide bonds. The van der Waals surface area contributed by atoms with E-state index in [1.54, 1.807) is 18.7 Å². The van der Waals surface area contributed by atoms with Gasteiger partial charge in [-0.3, -0.25) is 9.59 Å². The van der Waals surface area contributed by atoms with E-state index < -0.39 is 12.0 Å². The largest absolute Gasteiger partial charge is 0.480 e. The zero-order valence-electron chi connectivity index (χ0n) is 10.7. The van der Waals surface area contributed by atoms with Crippen LogP contribution in [0.3, 0.4) is 0 Å². The fourth-order valence-electron chi connectivity index (χ4n) is 1.33. The molecule has 0 radical (unpaired) electrons. The summed E-state index contributed by atoms with van der Waals surface area (Å²) >= 11 is 1.84. The highest BCUT2D eigenvalue weighted by Crippen LogP contribution is 2.32. The Morgan fingerprint density at radius 3 is 2.50 bits per heavy atom. The maximum absolute atomic E-state index is 10.7. The second kappa shape index (κ2) is 7.40. The Hall–Kier alpha value is -1.05. The van der Waals surface area contributed by atoms with Crippen LogP contribution in [0.5, 0.6) is 0 Å². The summed E-state index contributed by atoms with van der Waals surface area (Å²) in [6, 6.07) is -0.713. The molecule has 0 aliphatic carbocycles. The van der Waals surface area contributed by atoms with Gasteiger partial charge in [0.15, 0.2) is 0 Å². The molecule has 18 heavy (non-hydrogen) atoms. The maximum Gasteiger partial charge on any atom is 0.320 e. The monoisotopic (exact) mass is 275 g/mol. The summed E-state index contributed by atoms with van der Waals surface area (Å²) in [5.41, 5.74) is 5.16. The van der Waals surface area contributed by atoms with Crippen LogP contribution < -0.4 is 11.9 Å². The molecule has 2 rings (SSSR count).